The van der Waals surface area contributed by atoms with E-state index in [-0.39, 0.29) is 0 Å². The molecular formula is C17H18BrNO4. The van der Waals surface area contributed by atoms with Gasteiger partial charge in [-0.15, -0.1) is 0 Å². The van der Waals surface area contributed by atoms with E-state index < -0.39 is 0 Å². The monoisotopic (exact) mass is 379 g/mol. The molecule has 122 valence electrons. The highest BCUT2D eigenvalue weighted by Crippen LogP contribution is 2.29. The number of methoxy groups -OCH3 is 2. The topological polar surface area (TPSA) is 49.3 Å². The molecule has 2 rings (SSSR count). The lowest BCUT2D eigenvalue weighted by atomic mass is 10.2. The van der Waals surface area contributed by atoms with Crippen LogP contribution in [-0.4, -0.2) is 33.6 Å². The SMILES string of the molecule is COc1cccc(/C=N\OCCOc2cccc(Br)c2)c1OC. The molecular weight excluding hydrogens is 362 g/mol. The van der Waals surface area contributed by atoms with Crippen LogP contribution in [0.4, 0.5) is 0 Å². The van der Waals surface area contributed by atoms with Gasteiger partial charge in [-0.1, -0.05) is 33.2 Å². The number of para-hydroxylation sites is 1. The molecule has 5 nitrogen and oxygen atoms in total. The first-order valence-corrected chi connectivity index (χ1v) is 7.78. The Bertz CT molecular complexity index is 661. The van der Waals surface area contributed by atoms with Gasteiger partial charge in [0.1, 0.15) is 12.4 Å². The second kappa shape index (κ2) is 9.05. The standard InChI is InChI=1S/C17H18BrNO4/c1-20-16-8-3-5-13(17(16)21-2)12-19-23-10-9-22-15-7-4-6-14(18)11-15/h3-8,11-12H,9-10H2,1-2H3/b19-12-. The summed E-state index contributed by atoms with van der Waals surface area (Å²) in [6.45, 7) is 0.748. The molecule has 0 aliphatic carbocycles. The Balaban J connectivity index is 1.81. The van der Waals surface area contributed by atoms with E-state index in [2.05, 4.69) is 21.1 Å². The number of nitrogens with zero attached hydrogens (tertiary/aromatic N) is 1. The fourth-order valence-electron chi connectivity index (χ4n) is 1.91. The lowest BCUT2D eigenvalue weighted by molar-refractivity contribution is 0.108. The number of ether oxygens (including phenoxy) is 3. The minimum Gasteiger partial charge on any atom is -0.493 e. The van der Waals surface area contributed by atoms with Crippen LogP contribution >= 0.6 is 15.9 Å². The Kier molecular flexibility index (Phi) is 6.75. The van der Waals surface area contributed by atoms with Gasteiger partial charge in [0.2, 0.25) is 0 Å². The Morgan fingerprint density at radius 1 is 1.04 bits per heavy atom. The number of oxime groups is 1. The van der Waals surface area contributed by atoms with Crippen LogP contribution in [0.15, 0.2) is 52.1 Å². The summed E-state index contributed by atoms with van der Waals surface area (Å²) in [5.74, 6) is 2.04. The van der Waals surface area contributed by atoms with Crippen molar-refractivity contribution >= 4 is 22.1 Å². The lowest BCUT2D eigenvalue weighted by Gasteiger charge is -2.09. The summed E-state index contributed by atoms with van der Waals surface area (Å²) in [4.78, 5) is 5.20. The summed E-state index contributed by atoms with van der Waals surface area (Å²) in [6, 6.07) is 13.2. The van der Waals surface area contributed by atoms with Crippen molar-refractivity contribution in [2.75, 3.05) is 27.4 Å². The minimum absolute atomic E-state index is 0.343. The van der Waals surface area contributed by atoms with E-state index in [0.717, 1.165) is 15.8 Å². The molecule has 2 aromatic rings. The first-order valence-electron chi connectivity index (χ1n) is 6.99. The number of rotatable bonds is 8. The summed E-state index contributed by atoms with van der Waals surface area (Å²) in [5.41, 5.74) is 0.778. The highest BCUT2D eigenvalue weighted by atomic mass is 79.9. The van der Waals surface area contributed by atoms with Crippen molar-refractivity contribution in [3.05, 3.63) is 52.5 Å². The van der Waals surface area contributed by atoms with E-state index in [1.54, 1.807) is 20.4 Å². The van der Waals surface area contributed by atoms with E-state index in [1.807, 2.05) is 42.5 Å². The third-order valence-electron chi connectivity index (χ3n) is 2.94. The number of hydrogen-bond acceptors (Lipinski definition) is 5. The molecule has 0 spiro atoms. The van der Waals surface area contributed by atoms with E-state index in [9.17, 15) is 0 Å². The van der Waals surface area contributed by atoms with Gasteiger partial charge in [-0.3, -0.25) is 0 Å². The summed E-state index contributed by atoms with van der Waals surface area (Å²) >= 11 is 3.39. The van der Waals surface area contributed by atoms with E-state index >= 15 is 0 Å². The third kappa shape index (κ3) is 5.17. The maximum absolute atomic E-state index is 5.55. The van der Waals surface area contributed by atoms with Crippen molar-refractivity contribution in [2.45, 2.75) is 0 Å². The van der Waals surface area contributed by atoms with Crippen molar-refractivity contribution in [3.8, 4) is 17.2 Å². The van der Waals surface area contributed by atoms with Crippen LogP contribution in [-0.2, 0) is 4.84 Å². The highest BCUT2D eigenvalue weighted by Gasteiger charge is 2.07. The molecule has 0 N–H and O–H groups in total. The van der Waals surface area contributed by atoms with Crippen LogP contribution in [0.25, 0.3) is 0 Å². The molecule has 23 heavy (non-hydrogen) atoms. The van der Waals surface area contributed by atoms with Gasteiger partial charge in [-0.05, 0) is 30.3 Å². The van der Waals surface area contributed by atoms with Crippen molar-refractivity contribution in [3.63, 3.8) is 0 Å². The average Bonchev–Trinajstić information content (AvgIpc) is 2.57. The number of hydrogen-bond donors (Lipinski definition) is 0. The third-order valence-corrected chi connectivity index (χ3v) is 3.43. The summed E-state index contributed by atoms with van der Waals surface area (Å²) in [5, 5.41) is 3.92. The molecule has 0 atom stereocenters. The molecule has 6 heteroatoms. The summed E-state index contributed by atoms with van der Waals surface area (Å²) < 4.78 is 17.1. The Morgan fingerprint density at radius 3 is 2.61 bits per heavy atom. The predicted molar refractivity (Wildman–Crippen MR) is 92.7 cm³/mol. The first-order chi connectivity index (χ1) is 11.2. The normalized spacial score (nSPS) is 10.6. The van der Waals surface area contributed by atoms with Crippen molar-refractivity contribution in [1.82, 2.24) is 0 Å². The van der Waals surface area contributed by atoms with Crippen LogP contribution < -0.4 is 14.2 Å². The largest absolute Gasteiger partial charge is 0.493 e. The minimum atomic E-state index is 0.343. The molecule has 2 aromatic carbocycles. The second-order valence-electron chi connectivity index (χ2n) is 4.46. The molecule has 0 saturated heterocycles. The molecule has 0 radical (unpaired) electrons. The van der Waals surface area contributed by atoms with Gasteiger partial charge in [0.05, 0.1) is 20.4 Å². The van der Waals surface area contributed by atoms with Crippen molar-refractivity contribution < 1.29 is 19.0 Å². The van der Waals surface area contributed by atoms with E-state index in [1.165, 1.54) is 0 Å². The Labute approximate surface area is 143 Å². The van der Waals surface area contributed by atoms with Crippen LogP contribution in [0.3, 0.4) is 0 Å². The molecule has 0 aliphatic heterocycles. The zero-order chi connectivity index (χ0) is 16.5. The fraction of sp³-hybridized carbons (Fsp3) is 0.235. The van der Waals surface area contributed by atoms with Gasteiger partial charge >= 0.3 is 0 Å². The first kappa shape index (κ1) is 17.1. The van der Waals surface area contributed by atoms with Crippen LogP contribution in [0.5, 0.6) is 17.2 Å². The lowest BCUT2D eigenvalue weighted by Crippen LogP contribution is -2.04. The van der Waals surface area contributed by atoms with Crippen molar-refractivity contribution in [2.24, 2.45) is 5.16 Å². The molecule has 0 amide bonds. The predicted octanol–water partition coefficient (Wildman–Crippen LogP) is 3.90. The fourth-order valence-corrected chi connectivity index (χ4v) is 2.29. The molecule has 0 unspecified atom stereocenters. The smallest absolute Gasteiger partial charge is 0.169 e. The zero-order valence-corrected chi connectivity index (χ0v) is 14.6. The number of halogens is 1. The number of benzene rings is 2. The molecule has 0 aromatic heterocycles. The highest BCUT2D eigenvalue weighted by molar-refractivity contribution is 9.10. The van der Waals surface area contributed by atoms with Crippen LogP contribution in [0, 0.1) is 0 Å². The van der Waals surface area contributed by atoms with Gasteiger partial charge in [-0.2, -0.15) is 0 Å². The Morgan fingerprint density at radius 2 is 1.87 bits per heavy atom. The maximum atomic E-state index is 5.55. The van der Waals surface area contributed by atoms with Crippen molar-refractivity contribution in [1.29, 1.82) is 0 Å². The second-order valence-corrected chi connectivity index (χ2v) is 5.37. The molecule has 0 fully saturated rings. The van der Waals surface area contributed by atoms with Gasteiger partial charge in [0.15, 0.2) is 18.1 Å². The van der Waals surface area contributed by atoms with Gasteiger partial charge < -0.3 is 19.0 Å². The van der Waals surface area contributed by atoms with Gasteiger partial charge in [0, 0.05) is 10.0 Å². The van der Waals surface area contributed by atoms with E-state index in [4.69, 9.17) is 19.0 Å². The molecule has 0 bridgehead atoms. The van der Waals surface area contributed by atoms with Crippen LogP contribution in [0.2, 0.25) is 0 Å². The molecule has 0 heterocycles. The average molecular weight is 380 g/mol. The zero-order valence-electron chi connectivity index (χ0n) is 13.0. The van der Waals surface area contributed by atoms with Crippen LogP contribution in [0.1, 0.15) is 5.56 Å². The quantitative estimate of drug-likeness (QED) is 0.396. The summed E-state index contributed by atoms with van der Waals surface area (Å²) in [6.07, 6.45) is 1.58. The van der Waals surface area contributed by atoms with Gasteiger partial charge in [0.25, 0.3) is 0 Å². The Hall–Kier alpha value is -2.21. The van der Waals surface area contributed by atoms with Gasteiger partial charge in [-0.25, -0.2) is 0 Å². The van der Waals surface area contributed by atoms with E-state index in [0.29, 0.717) is 24.7 Å². The summed E-state index contributed by atoms with van der Waals surface area (Å²) in [7, 11) is 3.18. The molecule has 0 aliphatic rings. The molecule has 0 saturated carbocycles. The maximum Gasteiger partial charge on any atom is 0.169 e.